The summed E-state index contributed by atoms with van der Waals surface area (Å²) >= 11 is 0. The third kappa shape index (κ3) is 4.07. The van der Waals surface area contributed by atoms with Crippen LogP contribution in [0.4, 0.5) is 0 Å². The minimum absolute atomic E-state index is 0.701. The first-order chi connectivity index (χ1) is 9.20. The van der Waals surface area contributed by atoms with Gasteiger partial charge in [-0.2, -0.15) is 0 Å². The Morgan fingerprint density at radius 2 is 1.89 bits per heavy atom. The molecule has 2 atom stereocenters. The van der Waals surface area contributed by atoms with E-state index in [1.807, 2.05) is 0 Å². The highest BCUT2D eigenvalue weighted by atomic mass is 14.9. The monoisotopic (exact) mass is 259 g/mol. The van der Waals surface area contributed by atoms with Gasteiger partial charge in [0.15, 0.2) is 0 Å². The maximum Gasteiger partial charge on any atom is 0.00956 e. The van der Waals surface area contributed by atoms with Crippen molar-refractivity contribution in [2.24, 2.45) is 11.8 Å². The van der Waals surface area contributed by atoms with Crippen molar-refractivity contribution in [3.8, 4) is 0 Å². The molecule has 0 aromatic heterocycles. The largest absolute Gasteiger partial charge is 0.317 e. The van der Waals surface area contributed by atoms with E-state index in [2.05, 4.69) is 50.5 Å². The molecule has 0 fully saturated rings. The molecule has 1 aliphatic carbocycles. The van der Waals surface area contributed by atoms with E-state index in [0.717, 1.165) is 11.8 Å². The zero-order valence-corrected chi connectivity index (χ0v) is 12.8. The zero-order valence-electron chi connectivity index (χ0n) is 12.8. The quantitative estimate of drug-likeness (QED) is 0.807. The molecule has 0 amide bonds. The van der Waals surface area contributed by atoms with E-state index in [1.165, 1.54) is 38.5 Å². The van der Waals surface area contributed by atoms with Crippen LogP contribution in [-0.2, 0) is 12.8 Å². The third-order valence-electron chi connectivity index (χ3n) is 4.62. The second kappa shape index (κ2) is 7.09. The molecule has 1 nitrogen and oxygen atoms in total. The Balaban J connectivity index is 1.90. The average Bonchev–Trinajstić information content (AvgIpc) is 2.43. The number of hydrogen-bond donors (Lipinski definition) is 1. The normalized spacial score (nSPS) is 20.3. The zero-order chi connectivity index (χ0) is 13.7. The summed E-state index contributed by atoms with van der Waals surface area (Å²) in [5.74, 6) is 1.66. The average molecular weight is 259 g/mol. The van der Waals surface area contributed by atoms with Gasteiger partial charge in [-0.15, -0.1) is 0 Å². The van der Waals surface area contributed by atoms with Crippen LogP contribution in [0.5, 0.6) is 0 Å². The van der Waals surface area contributed by atoms with E-state index in [9.17, 15) is 0 Å². The van der Waals surface area contributed by atoms with E-state index in [4.69, 9.17) is 0 Å². The van der Waals surface area contributed by atoms with Gasteiger partial charge in [0.1, 0.15) is 0 Å². The highest BCUT2D eigenvalue weighted by molar-refractivity contribution is 5.29. The first-order valence-electron chi connectivity index (χ1n) is 7.94. The number of aryl methyl sites for hydroxylation is 1. The summed E-state index contributed by atoms with van der Waals surface area (Å²) in [5, 5.41) is 3.58. The Morgan fingerprint density at radius 1 is 1.16 bits per heavy atom. The summed E-state index contributed by atoms with van der Waals surface area (Å²) in [6, 6.07) is 9.69. The Kier molecular flexibility index (Phi) is 5.45. The van der Waals surface area contributed by atoms with Crippen molar-refractivity contribution in [1.29, 1.82) is 0 Å². The molecule has 1 aromatic carbocycles. The van der Waals surface area contributed by atoms with Gasteiger partial charge in [-0.05, 0) is 55.7 Å². The smallest absolute Gasteiger partial charge is 0.00956 e. The van der Waals surface area contributed by atoms with Gasteiger partial charge in [0.2, 0.25) is 0 Å². The Labute approximate surface area is 118 Å². The summed E-state index contributed by atoms with van der Waals surface area (Å²) in [7, 11) is 2.14. The van der Waals surface area contributed by atoms with Gasteiger partial charge in [0.05, 0.1) is 0 Å². The van der Waals surface area contributed by atoms with E-state index >= 15 is 0 Å². The minimum atomic E-state index is 0.701. The molecule has 1 aliphatic rings. The van der Waals surface area contributed by atoms with Crippen LogP contribution in [0.25, 0.3) is 0 Å². The van der Waals surface area contributed by atoms with Crippen molar-refractivity contribution in [2.75, 3.05) is 7.05 Å². The molecular weight excluding hydrogens is 230 g/mol. The van der Waals surface area contributed by atoms with Gasteiger partial charge in [-0.25, -0.2) is 0 Å². The number of nitrogens with one attached hydrogen (secondary N) is 1. The lowest BCUT2D eigenvalue weighted by atomic mass is 9.78. The number of hydrogen-bond acceptors (Lipinski definition) is 1. The lowest BCUT2D eigenvalue weighted by molar-refractivity contribution is 0.308. The number of rotatable bonds is 6. The van der Waals surface area contributed by atoms with Gasteiger partial charge in [0, 0.05) is 6.04 Å². The Bertz CT molecular complexity index is 383. The molecule has 106 valence electrons. The predicted octanol–water partition coefficient (Wildman–Crippen LogP) is 4.21. The topological polar surface area (TPSA) is 12.0 Å². The molecule has 2 unspecified atom stereocenters. The fourth-order valence-corrected chi connectivity index (χ4v) is 3.43. The first-order valence-corrected chi connectivity index (χ1v) is 7.94. The van der Waals surface area contributed by atoms with Crippen molar-refractivity contribution < 1.29 is 0 Å². The summed E-state index contributed by atoms with van der Waals surface area (Å²) in [6.07, 6.45) is 7.95. The molecule has 0 spiro atoms. The SMILES string of the molecule is CNC(CCCC(C)C)C1CCc2ccccc2C1. The van der Waals surface area contributed by atoms with Gasteiger partial charge in [0.25, 0.3) is 0 Å². The van der Waals surface area contributed by atoms with Crippen LogP contribution in [0.3, 0.4) is 0 Å². The van der Waals surface area contributed by atoms with Crippen molar-refractivity contribution in [2.45, 2.75) is 58.4 Å². The fourth-order valence-electron chi connectivity index (χ4n) is 3.43. The summed E-state index contributed by atoms with van der Waals surface area (Å²) in [4.78, 5) is 0. The van der Waals surface area contributed by atoms with Crippen LogP contribution in [0.2, 0.25) is 0 Å². The minimum Gasteiger partial charge on any atom is -0.317 e. The van der Waals surface area contributed by atoms with E-state index in [-0.39, 0.29) is 0 Å². The standard InChI is InChI=1S/C18H29N/c1-14(2)7-6-10-18(19-3)17-12-11-15-8-4-5-9-16(15)13-17/h4-5,8-9,14,17-19H,6-7,10-13H2,1-3H3. The highest BCUT2D eigenvalue weighted by Gasteiger charge is 2.24. The fraction of sp³-hybridized carbons (Fsp3) is 0.667. The highest BCUT2D eigenvalue weighted by Crippen LogP contribution is 2.29. The Hall–Kier alpha value is -0.820. The summed E-state index contributed by atoms with van der Waals surface area (Å²) < 4.78 is 0. The van der Waals surface area contributed by atoms with Gasteiger partial charge < -0.3 is 5.32 Å². The molecule has 0 aliphatic heterocycles. The molecular formula is C18H29N. The molecule has 0 radical (unpaired) electrons. The van der Waals surface area contributed by atoms with E-state index in [0.29, 0.717) is 6.04 Å². The second-order valence-corrected chi connectivity index (χ2v) is 6.49. The van der Waals surface area contributed by atoms with Crippen molar-refractivity contribution >= 4 is 0 Å². The Morgan fingerprint density at radius 3 is 2.58 bits per heavy atom. The molecule has 0 saturated heterocycles. The van der Waals surface area contributed by atoms with Crippen molar-refractivity contribution in [3.05, 3.63) is 35.4 Å². The van der Waals surface area contributed by atoms with Gasteiger partial charge in [-0.1, -0.05) is 51.0 Å². The maximum absolute atomic E-state index is 3.58. The van der Waals surface area contributed by atoms with Crippen LogP contribution >= 0.6 is 0 Å². The molecule has 1 aromatic rings. The second-order valence-electron chi connectivity index (χ2n) is 6.49. The molecule has 0 bridgehead atoms. The summed E-state index contributed by atoms with van der Waals surface area (Å²) in [5.41, 5.74) is 3.17. The third-order valence-corrected chi connectivity index (χ3v) is 4.62. The van der Waals surface area contributed by atoms with Crippen LogP contribution in [0.15, 0.2) is 24.3 Å². The molecule has 0 saturated carbocycles. The van der Waals surface area contributed by atoms with E-state index < -0.39 is 0 Å². The lowest BCUT2D eigenvalue weighted by Crippen LogP contribution is -2.36. The molecule has 0 heterocycles. The number of benzene rings is 1. The van der Waals surface area contributed by atoms with Crippen LogP contribution in [-0.4, -0.2) is 13.1 Å². The lowest BCUT2D eigenvalue weighted by Gasteiger charge is -2.31. The van der Waals surface area contributed by atoms with Crippen molar-refractivity contribution in [1.82, 2.24) is 5.32 Å². The van der Waals surface area contributed by atoms with Crippen molar-refractivity contribution in [3.63, 3.8) is 0 Å². The predicted molar refractivity (Wildman–Crippen MR) is 83.5 cm³/mol. The summed E-state index contributed by atoms with van der Waals surface area (Å²) in [6.45, 7) is 4.65. The number of fused-ring (bicyclic) bond motifs is 1. The van der Waals surface area contributed by atoms with Crippen LogP contribution in [0, 0.1) is 11.8 Å². The molecule has 1 heteroatoms. The van der Waals surface area contributed by atoms with Crippen LogP contribution in [0.1, 0.15) is 50.7 Å². The van der Waals surface area contributed by atoms with Gasteiger partial charge >= 0.3 is 0 Å². The van der Waals surface area contributed by atoms with Crippen LogP contribution < -0.4 is 5.32 Å². The maximum atomic E-state index is 3.58. The molecule has 1 N–H and O–H groups in total. The first kappa shape index (κ1) is 14.6. The molecule has 2 rings (SSSR count). The van der Waals surface area contributed by atoms with Gasteiger partial charge in [-0.3, -0.25) is 0 Å². The van der Waals surface area contributed by atoms with E-state index in [1.54, 1.807) is 11.1 Å². The molecule has 19 heavy (non-hydrogen) atoms.